The number of benzene rings is 2. The molecule has 36 heavy (non-hydrogen) atoms. The zero-order valence-corrected chi connectivity index (χ0v) is 20.2. The zero-order valence-electron chi connectivity index (χ0n) is 19.4. The minimum atomic E-state index is -0.581. The fourth-order valence-electron chi connectivity index (χ4n) is 3.93. The van der Waals surface area contributed by atoms with Gasteiger partial charge in [-0.3, -0.25) is 19.7 Å². The van der Waals surface area contributed by atoms with Crippen LogP contribution in [0.2, 0.25) is 0 Å². The molecule has 1 aliphatic heterocycles. The number of methoxy groups -OCH3 is 1. The Morgan fingerprint density at radius 3 is 2.72 bits per heavy atom. The van der Waals surface area contributed by atoms with E-state index in [1.165, 1.54) is 58.7 Å². The molecule has 2 aromatic carbocycles. The molecule has 4 rings (SSSR count). The van der Waals surface area contributed by atoms with Crippen LogP contribution < -0.4 is 0 Å². The van der Waals surface area contributed by atoms with Gasteiger partial charge in [0, 0.05) is 37.8 Å². The number of hydrogen-bond acceptors (Lipinski definition) is 7. The molecule has 0 saturated carbocycles. The van der Waals surface area contributed by atoms with E-state index in [9.17, 15) is 24.1 Å². The maximum absolute atomic E-state index is 13.7. The van der Waals surface area contributed by atoms with Crippen LogP contribution in [0.5, 0.6) is 0 Å². The van der Waals surface area contributed by atoms with Crippen LogP contribution in [0.25, 0.3) is 0 Å². The summed E-state index contributed by atoms with van der Waals surface area (Å²) in [5.41, 5.74) is 1.26. The smallest absolute Gasteiger partial charge is 0.269 e. The summed E-state index contributed by atoms with van der Waals surface area (Å²) >= 11 is 1.47. The van der Waals surface area contributed by atoms with Gasteiger partial charge in [0.1, 0.15) is 12.4 Å². The number of thiophene rings is 1. The quantitative estimate of drug-likeness (QED) is 0.316. The van der Waals surface area contributed by atoms with Crippen LogP contribution in [-0.4, -0.2) is 59.2 Å². The van der Waals surface area contributed by atoms with Crippen molar-refractivity contribution in [2.24, 2.45) is 5.10 Å². The second kappa shape index (κ2) is 11.2. The van der Waals surface area contributed by atoms with E-state index in [0.717, 1.165) is 10.9 Å². The standard InChI is InChI=1S/C25H23FN4O5S/c1-35-11-10-28(25(32)18-6-2-7-19(26)13-18)16-24(31)29-22(15-21(27-29)23-9-4-12-36-23)17-5-3-8-20(14-17)30(33)34/h2-9,12-14,22H,10-11,15-16H2,1H3/t22-/m1/s1. The summed E-state index contributed by atoms with van der Waals surface area (Å²) in [6.45, 7) is -0.0495. The average molecular weight is 511 g/mol. The van der Waals surface area contributed by atoms with Gasteiger partial charge in [0.05, 0.1) is 28.2 Å². The third-order valence-corrected chi connectivity index (χ3v) is 6.61. The summed E-state index contributed by atoms with van der Waals surface area (Å²) in [6, 6.07) is 14.5. The Bertz CT molecular complexity index is 1300. The van der Waals surface area contributed by atoms with Crippen molar-refractivity contribution in [3.8, 4) is 0 Å². The lowest BCUT2D eigenvalue weighted by Gasteiger charge is -2.27. The van der Waals surface area contributed by atoms with Crippen LogP contribution in [0.4, 0.5) is 10.1 Å². The normalized spacial score (nSPS) is 15.0. The number of nitro benzene ring substituents is 1. The Balaban J connectivity index is 1.63. The molecule has 0 spiro atoms. The number of hydrogen-bond donors (Lipinski definition) is 0. The first-order valence-electron chi connectivity index (χ1n) is 11.1. The number of nitro groups is 1. The van der Waals surface area contributed by atoms with E-state index in [4.69, 9.17) is 4.74 Å². The van der Waals surface area contributed by atoms with E-state index >= 15 is 0 Å². The molecule has 2 heterocycles. The van der Waals surface area contributed by atoms with Gasteiger partial charge >= 0.3 is 0 Å². The molecule has 0 bridgehead atoms. The molecule has 1 atom stereocenters. The summed E-state index contributed by atoms with van der Waals surface area (Å²) in [4.78, 5) is 39.6. The lowest BCUT2D eigenvalue weighted by atomic mass is 10.0. The van der Waals surface area contributed by atoms with Crippen molar-refractivity contribution in [3.05, 3.63) is 98.0 Å². The van der Waals surface area contributed by atoms with Gasteiger partial charge in [-0.1, -0.05) is 24.3 Å². The summed E-state index contributed by atoms with van der Waals surface area (Å²) in [6.07, 6.45) is 0.364. The lowest BCUT2D eigenvalue weighted by molar-refractivity contribution is -0.385. The number of amides is 2. The highest BCUT2D eigenvalue weighted by molar-refractivity contribution is 7.12. The van der Waals surface area contributed by atoms with E-state index in [2.05, 4.69) is 5.10 Å². The highest BCUT2D eigenvalue weighted by atomic mass is 32.1. The zero-order chi connectivity index (χ0) is 25.7. The van der Waals surface area contributed by atoms with Crippen LogP contribution in [0, 0.1) is 15.9 Å². The number of hydrazone groups is 1. The van der Waals surface area contributed by atoms with Gasteiger partial charge in [0.25, 0.3) is 17.5 Å². The van der Waals surface area contributed by atoms with E-state index in [1.807, 2.05) is 17.5 Å². The Hall–Kier alpha value is -3.96. The summed E-state index contributed by atoms with van der Waals surface area (Å²) in [7, 11) is 1.48. The number of carbonyl (C=O) groups is 2. The van der Waals surface area contributed by atoms with Crippen molar-refractivity contribution < 1.29 is 23.6 Å². The van der Waals surface area contributed by atoms with Gasteiger partial charge in [-0.05, 0) is 35.2 Å². The molecule has 3 aromatic rings. The molecule has 0 N–H and O–H groups in total. The molecule has 1 aliphatic rings. The highest BCUT2D eigenvalue weighted by Crippen LogP contribution is 2.35. The van der Waals surface area contributed by atoms with Crippen LogP contribution in [0.3, 0.4) is 0 Å². The minimum Gasteiger partial charge on any atom is -0.383 e. The molecule has 186 valence electrons. The third-order valence-electron chi connectivity index (χ3n) is 5.69. The van der Waals surface area contributed by atoms with Crippen molar-refractivity contribution in [2.75, 3.05) is 26.8 Å². The van der Waals surface area contributed by atoms with Crippen LogP contribution in [0.1, 0.15) is 33.3 Å². The van der Waals surface area contributed by atoms with Gasteiger partial charge < -0.3 is 9.64 Å². The minimum absolute atomic E-state index is 0.0903. The molecule has 0 saturated heterocycles. The molecule has 11 heteroatoms. The van der Waals surface area contributed by atoms with E-state index in [0.29, 0.717) is 17.7 Å². The van der Waals surface area contributed by atoms with E-state index < -0.39 is 28.6 Å². The maximum Gasteiger partial charge on any atom is 0.269 e. The van der Waals surface area contributed by atoms with Crippen LogP contribution >= 0.6 is 11.3 Å². The first kappa shape index (κ1) is 25.1. The SMILES string of the molecule is COCCN(CC(=O)N1N=C(c2cccs2)C[C@@H]1c1cccc([N+](=O)[O-])c1)C(=O)c1cccc(F)c1. The molecule has 1 aromatic heterocycles. The fraction of sp³-hybridized carbons (Fsp3) is 0.240. The molecule has 9 nitrogen and oxygen atoms in total. The Morgan fingerprint density at radius 1 is 1.22 bits per heavy atom. The molecular formula is C25H23FN4O5S. The van der Waals surface area contributed by atoms with Crippen molar-refractivity contribution in [3.63, 3.8) is 0 Å². The van der Waals surface area contributed by atoms with Crippen molar-refractivity contribution in [1.82, 2.24) is 9.91 Å². The van der Waals surface area contributed by atoms with Crippen LogP contribution in [0.15, 0.2) is 71.1 Å². The molecule has 0 unspecified atom stereocenters. The second-order valence-corrected chi connectivity index (χ2v) is 9.01. The molecule has 2 amide bonds. The molecular weight excluding hydrogens is 487 g/mol. The predicted molar refractivity (Wildman–Crippen MR) is 132 cm³/mol. The summed E-state index contributed by atoms with van der Waals surface area (Å²) in [5.74, 6) is -1.55. The van der Waals surface area contributed by atoms with Crippen molar-refractivity contribution in [2.45, 2.75) is 12.5 Å². The van der Waals surface area contributed by atoms with E-state index in [-0.39, 0.29) is 30.9 Å². The van der Waals surface area contributed by atoms with Gasteiger partial charge in [-0.15, -0.1) is 11.3 Å². The number of rotatable bonds is 9. The topological polar surface area (TPSA) is 105 Å². The Morgan fingerprint density at radius 2 is 2.03 bits per heavy atom. The van der Waals surface area contributed by atoms with Gasteiger partial charge in [0.2, 0.25) is 0 Å². The first-order valence-corrected chi connectivity index (χ1v) is 12.0. The highest BCUT2D eigenvalue weighted by Gasteiger charge is 2.35. The lowest BCUT2D eigenvalue weighted by Crippen LogP contribution is -2.42. The van der Waals surface area contributed by atoms with Crippen molar-refractivity contribution >= 4 is 34.6 Å². The van der Waals surface area contributed by atoms with Gasteiger partial charge in [-0.25, -0.2) is 9.40 Å². The molecule has 0 radical (unpaired) electrons. The number of nitrogens with zero attached hydrogens (tertiary/aromatic N) is 4. The monoisotopic (exact) mass is 510 g/mol. The molecule has 0 aliphatic carbocycles. The average Bonchev–Trinajstić information content (AvgIpc) is 3.56. The fourth-order valence-corrected chi connectivity index (χ4v) is 4.65. The van der Waals surface area contributed by atoms with E-state index in [1.54, 1.807) is 12.1 Å². The maximum atomic E-state index is 13.7. The first-order chi connectivity index (χ1) is 17.4. The van der Waals surface area contributed by atoms with Gasteiger partial charge in [-0.2, -0.15) is 5.10 Å². The largest absolute Gasteiger partial charge is 0.383 e. The molecule has 0 fully saturated rings. The summed E-state index contributed by atoms with van der Waals surface area (Å²) in [5, 5.41) is 19.1. The number of ether oxygens (including phenoxy) is 1. The van der Waals surface area contributed by atoms with Crippen LogP contribution in [-0.2, 0) is 9.53 Å². The second-order valence-electron chi connectivity index (χ2n) is 8.06. The third kappa shape index (κ3) is 5.64. The Labute approximate surface area is 210 Å². The Kier molecular flexibility index (Phi) is 7.81. The summed E-state index contributed by atoms with van der Waals surface area (Å²) < 4.78 is 18.8. The number of non-ortho nitro benzene ring substituents is 1. The number of carbonyl (C=O) groups excluding carboxylic acids is 2. The number of halogens is 1. The van der Waals surface area contributed by atoms with Gasteiger partial charge in [0.15, 0.2) is 0 Å². The predicted octanol–water partition coefficient (Wildman–Crippen LogP) is 4.26. The van der Waals surface area contributed by atoms with Crippen molar-refractivity contribution in [1.29, 1.82) is 0 Å².